The van der Waals surface area contributed by atoms with Crippen molar-refractivity contribution >= 4 is 31.9 Å². The van der Waals surface area contributed by atoms with E-state index in [0.717, 1.165) is 20.9 Å². The van der Waals surface area contributed by atoms with Gasteiger partial charge in [0.15, 0.2) is 0 Å². The Morgan fingerprint density at radius 3 is 2.44 bits per heavy atom. The van der Waals surface area contributed by atoms with E-state index in [4.69, 9.17) is 0 Å². The number of benzene rings is 2. The van der Waals surface area contributed by atoms with Crippen molar-refractivity contribution in [1.29, 1.82) is 0 Å². The molecule has 0 aromatic heterocycles. The standard InChI is InChI=1S/C15H14Br2O/c16-14-6-3-5-11(9-14)13(10-18)8-12-4-1-2-7-15(12)17/h1-7,9,13,18H,8,10H2. The average Bonchev–Trinajstić information content (AvgIpc) is 2.38. The van der Waals surface area contributed by atoms with Gasteiger partial charge in [0.2, 0.25) is 0 Å². The lowest BCUT2D eigenvalue weighted by molar-refractivity contribution is 0.264. The lowest BCUT2D eigenvalue weighted by Gasteiger charge is -2.16. The summed E-state index contributed by atoms with van der Waals surface area (Å²) in [6.07, 6.45) is 0.828. The Kier molecular flexibility index (Phi) is 4.98. The minimum atomic E-state index is 0.126. The monoisotopic (exact) mass is 368 g/mol. The van der Waals surface area contributed by atoms with Crippen molar-refractivity contribution in [2.75, 3.05) is 6.61 Å². The fraction of sp³-hybridized carbons (Fsp3) is 0.200. The van der Waals surface area contributed by atoms with E-state index in [1.54, 1.807) is 0 Å². The maximum atomic E-state index is 9.59. The van der Waals surface area contributed by atoms with Gasteiger partial charge in [-0.3, -0.25) is 0 Å². The number of rotatable bonds is 4. The highest BCUT2D eigenvalue weighted by Gasteiger charge is 2.13. The van der Waals surface area contributed by atoms with Crippen LogP contribution < -0.4 is 0 Å². The fourth-order valence-electron chi connectivity index (χ4n) is 1.98. The van der Waals surface area contributed by atoms with Gasteiger partial charge in [0.1, 0.15) is 0 Å². The molecule has 0 aliphatic rings. The summed E-state index contributed by atoms with van der Waals surface area (Å²) in [5.74, 6) is 0.126. The molecule has 0 saturated carbocycles. The van der Waals surface area contributed by atoms with Gasteiger partial charge in [0.25, 0.3) is 0 Å². The highest BCUT2D eigenvalue weighted by Crippen LogP contribution is 2.26. The molecule has 0 radical (unpaired) electrons. The van der Waals surface area contributed by atoms with E-state index in [0.29, 0.717) is 0 Å². The summed E-state index contributed by atoms with van der Waals surface area (Å²) in [6.45, 7) is 0.151. The van der Waals surface area contributed by atoms with E-state index in [1.807, 2.05) is 30.3 Å². The second kappa shape index (κ2) is 6.50. The van der Waals surface area contributed by atoms with Crippen molar-refractivity contribution in [3.05, 3.63) is 68.6 Å². The van der Waals surface area contributed by atoms with E-state index < -0.39 is 0 Å². The molecule has 1 unspecified atom stereocenters. The Morgan fingerprint density at radius 2 is 1.78 bits per heavy atom. The van der Waals surface area contributed by atoms with Crippen molar-refractivity contribution in [2.24, 2.45) is 0 Å². The van der Waals surface area contributed by atoms with Crippen molar-refractivity contribution in [3.63, 3.8) is 0 Å². The minimum Gasteiger partial charge on any atom is -0.396 e. The zero-order chi connectivity index (χ0) is 13.0. The number of aliphatic hydroxyl groups excluding tert-OH is 1. The summed E-state index contributed by atoms with van der Waals surface area (Å²) in [6, 6.07) is 16.3. The van der Waals surface area contributed by atoms with Gasteiger partial charge >= 0.3 is 0 Å². The van der Waals surface area contributed by atoms with Crippen molar-refractivity contribution in [3.8, 4) is 0 Å². The molecule has 2 rings (SSSR count). The molecule has 94 valence electrons. The minimum absolute atomic E-state index is 0.126. The predicted molar refractivity (Wildman–Crippen MR) is 81.8 cm³/mol. The van der Waals surface area contributed by atoms with Crippen LogP contribution in [0, 0.1) is 0 Å². The molecule has 0 amide bonds. The van der Waals surface area contributed by atoms with Gasteiger partial charge in [-0.15, -0.1) is 0 Å². The van der Waals surface area contributed by atoms with Crippen LogP contribution in [0.15, 0.2) is 57.5 Å². The van der Waals surface area contributed by atoms with Gasteiger partial charge in [-0.05, 0) is 35.7 Å². The van der Waals surface area contributed by atoms with Gasteiger partial charge in [0.05, 0.1) is 6.61 Å². The summed E-state index contributed by atoms with van der Waals surface area (Å²) < 4.78 is 2.14. The lowest BCUT2D eigenvalue weighted by atomic mass is 9.93. The first-order valence-electron chi connectivity index (χ1n) is 5.80. The van der Waals surface area contributed by atoms with E-state index in [9.17, 15) is 5.11 Å². The molecule has 2 aromatic carbocycles. The molecular weight excluding hydrogens is 356 g/mol. The van der Waals surface area contributed by atoms with Crippen molar-refractivity contribution in [1.82, 2.24) is 0 Å². The molecule has 3 heteroatoms. The van der Waals surface area contributed by atoms with Crippen LogP contribution in [0.4, 0.5) is 0 Å². The third kappa shape index (κ3) is 3.44. The third-order valence-corrected chi connectivity index (χ3v) is 4.23. The normalized spacial score (nSPS) is 12.4. The Labute approximate surface area is 124 Å². The molecule has 0 bridgehead atoms. The molecule has 2 aromatic rings. The van der Waals surface area contributed by atoms with E-state index in [1.165, 1.54) is 5.56 Å². The lowest BCUT2D eigenvalue weighted by Crippen LogP contribution is -2.08. The number of halogens is 2. The highest BCUT2D eigenvalue weighted by molar-refractivity contribution is 9.10. The topological polar surface area (TPSA) is 20.2 Å². The largest absolute Gasteiger partial charge is 0.396 e. The molecule has 1 N–H and O–H groups in total. The van der Waals surface area contributed by atoms with Gasteiger partial charge in [-0.2, -0.15) is 0 Å². The smallest absolute Gasteiger partial charge is 0.0502 e. The number of hydrogen-bond donors (Lipinski definition) is 1. The summed E-state index contributed by atoms with van der Waals surface area (Å²) >= 11 is 7.02. The van der Waals surface area contributed by atoms with Gasteiger partial charge in [0, 0.05) is 14.9 Å². The van der Waals surface area contributed by atoms with E-state index in [2.05, 4.69) is 50.1 Å². The maximum Gasteiger partial charge on any atom is 0.0502 e. The first-order valence-corrected chi connectivity index (χ1v) is 7.39. The zero-order valence-electron chi connectivity index (χ0n) is 9.81. The molecule has 0 saturated heterocycles. The van der Waals surface area contributed by atoms with Crippen LogP contribution >= 0.6 is 31.9 Å². The molecule has 18 heavy (non-hydrogen) atoms. The van der Waals surface area contributed by atoms with Gasteiger partial charge in [-0.25, -0.2) is 0 Å². The molecule has 0 aliphatic heterocycles. The van der Waals surface area contributed by atoms with Crippen molar-refractivity contribution in [2.45, 2.75) is 12.3 Å². The highest BCUT2D eigenvalue weighted by atomic mass is 79.9. The summed E-state index contributed by atoms with van der Waals surface area (Å²) in [5.41, 5.74) is 2.37. The Balaban J connectivity index is 2.23. The summed E-state index contributed by atoms with van der Waals surface area (Å²) in [4.78, 5) is 0. The molecule has 0 fully saturated rings. The Morgan fingerprint density at radius 1 is 1.00 bits per heavy atom. The van der Waals surface area contributed by atoms with Crippen LogP contribution in [0.5, 0.6) is 0 Å². The molecule has 1 nitrogen and oxygen atoms in total. The van der Waals surface area contributed by atoms with Crippen LogP contribution in [0.3, 0.4) is 0 Å². The summed E-state index contributed by atoms with van der Waals surface area (Å²) in [5, 5.41) is 9.59. The van der Waals surface area contributed by atoms with Crippen LogP contribution in [0.2, 0.25) is 0 Å². The van der Waals surface area contributed by atoms with Gasteiger partial charge < -0.3 is 5.11 Å². The first kappa shape index (κ1) is 13.8. The predicted octanol–water partition coefficient (Wildman–Crippen LogP) is 4.53. The maximum absolute atomic E-state index is 9.59. The molecule has 0 heterocycles. The SMILES string of the molecule is OCC(Cc1ccccc1Br)c1cccc(Br)c1. The first-order chi connectivity index (χ1) is 8.70. The molecule has 0 spiro atoms. The van der Waals surface area contributed by atoms with E-state index >= 15 is 0 Å². The second-order valence-electron chi connectivity index (χ2n) is 4.23. The molecular formula is C15H14Br2O. The Bertz CT molecular complexity index is 525. The van der Waals surface area contributed by atoms with Gasteiger partial charge in [-0.1, -0.05) is 62.2 Å². The fourth-order valence-corrected chi connectivity index (χ4v) is 2.84. The molecule has 0 aliphatic carbocycles. The number of hydrogen-bond acceptors (Lipinski definition) is 1. The molecule has 1 atom stereocenters. The van der Waals surface area contributed by atoms with E-state index in [-0.39, 0.29) is 12.5 Å². The van der Waals surface area contributed by atoms with Crippen LogP contribution in [-0.4, -0.2) is 11.7 Å². The third-order valence-electron chi connectivity index (χ3n) is 2.96. The summed E-state index contributed by atoms with van der Waals surface area (Å²) in [7, 11) is 0. The quantitative estimate of drug-likeness (QED) is 0.839. The Hall–Kier alpha value is -0.640. The van der Waals surface area contributed by atoms with Crippen LogP contribution in [-0.2, 0) is 6.42 Å². The van der Waals surface area contributed by atoms with Crippen LogP contribution in [0.1, 0.15) is 17.0 Å². The zero-order valence-corrected chi connectivity index (χ0v) is 13.0. The van der Waals surface area contributed by atoms with Crippen LogP contribution in [0.25, 0.3) is 0 Å². The average molecular weight is 370 g/mol. The second-order valence-corrected chi connectivity index (χ2v) is 6.00. The number of aliphatic hydroxyl groups is 1. The van der Waals surface area contributed by atoms with Crippen molar-refractivity contribution < 1.29 is 5.11 Å².